The molecule has 1 aliphatic rings. The number of amidine groups is 1. The number of carbonyl (C=O) groups is 2. The number of hydrogen-bond donors (Lipinski definition) is 1. The van der Waals surface area contributed by atoms with Crippen LogP contribution in [0.15, 0.2) is 64.6 Å². The standard InChI is InChI=1S/C22H18FN3O3S/c1-2-29-20(27)13-26-12-14(17-5-3-4-6-18(17)26)11-19-21(28)25-22(30-19)24-16-9-7-15(23)8-10-16/h3-12H,2,13H2,1H3,(H,24,25,28). The molecular weight excluding hydrogens is 405 g/mol. The maximum atomic E-state index is 13.1. The van der Waals surface area contributed by atoms with Crippen LogP contribution in [0.1, 0.15) is 12.5 Å². The summed E-state index contributed by atoms with van der Waals surface area (Å²) in [5, 5.41) is 4.07. The molecule has 0 atom stereocenters. The first kappa shape index (κ1) is 19.9. The second kappa shape index (κ2) is 8.54. The molecule has 1 fully saturated rings. The summed E-state index contributed by atoms with van der Waals surface area (Å²) in [6, 6.07) is 13.4. The van der Waals surface area contributed by atoms with Gasteiger partial charge in [-0.05, 0) is 55.1 Å². The number of amides is 1. The van der Waals surface area contributed by atoms with Crippen molar-refractivity contribution in [2.45, 2.75) is 13.5 Å². The Balaban J connectivity index is 1.63. The van der Waals surface area contributed by atoms with E-state index in [1.807, 2.05) is 35.0 Å². The molecule has 1 amide bonds. The molecule has 0 unspecified atom stereocenters. The minimum Gasteiger partial charge on any atom is -0.465 e. The quantitative estimate of drug-likeness (QED) is 0.492. The summed E-state index contributed by atoms with van der Waals surface area (Å²) in [6.07, 6.45) is 3.61. The molecule has 8 heteroatoms. The summed E-state index contributed by atoms with van der Waals surface area (Å²) in [7, 11) is 0. The predicted octanol–water partition coefficient (Wildman–Crippen LogP) is 4.24. The first-order valence-corrected chi connectivity index (χ1v) is 10.1. The maximum Gasteiger partial charge on any atom is 0.325 e. The predicted molar refractivity (Wildman–Crippen MR) is 116 cm³/mol. The van der Waals surface area contributed by atoms with Gasteiger partial charge in [0.1, 0.15) is 12.4 Å². The molecule has 1 aromatic heterocycles. The molecule has 2 aromatic carbocycles. The van der Waals surface area contributed by atoms with Crippen LogP contribution in [0.4, 0.5) is 10.1 Å². The largest absolute Gasteiger partial charge is 0.465 e. The molecule has 2 heterocycles. The van der Waals surface area contributed by atoms with Crippen LogP contribution in [0.5, 0.6) is 0 Å². The van der Waals surface area contributed by atoms with Crippen molar-refractivity contribution in [1.29, 1.82) is 0 Å². The molecule has 0 aliphatic carbocycles. The lowest BCUT2D eigenvalue weighted by molar-refractivity contribution is -0.143. The molecule has 3 aromatic rings. The van der Waals surface area contributed by atoms with Gasteiger partial charge in [-0.3, -0.25) is 9.59 Å². The number of hydrogen-bond acceptors (Lipinski definition) is 5. The molecule has 1 N–H and O–H groups in total. The second-order valence-electron chi connectivity index (χ2n) is 6.49. The van der Waals surface area contributed by atoms with Crippen LogP contribution in [0, 0.1) is 5.82 Å². The zero-order valence-corrected chi connectivity index (χ0v) is 16.9. The van der Waals surface area contributed by atoms with Crippen LogP contribution in [-0.2, 0) is 20.9 Å². The van der Waals surface area contributed by atoms with Gasteiger partial charge in [-0.2, -0.15) is 0 Å². The molecule has 0 bridgehead atoms. The zero-order valence-electron chi connectivity index (χ0n) is 16.1. The smallest absolute Gasteiger partial charge is 0.325 e. The minimum absolute atomic E-state index is 0.0914. The van der Waals surface area contributed by atoms with Crippen LogP contribution < -0.4 is 5.32 Å². The summed E-state index contributed by atoms with van der Waals surface area (Å²) >= 11 is 1.21. The Morgan fingerprint density at radius 3 is 2.77 bits per heavy atom. The Morgan fingerprint density at radius 2 is 2.00 bits per heavy atom. The number of rotatable bonds is 5. The van der Waals surface area contributed by atoms with Gasteiger partial charge in [-0.1, -0.05) is 18.2 Å². The highest BCUT2D eigenvalue weighted by Gasteiger charge is 2.24. The van der Waals surface area contributed by atoms with Gasteiger partial charge in [0, 0.05) is 22.7 Å². The van der Waals surface area contributed by atoms with Crippen molar-refractivity contribution in [2.24, 2.45) is 4.99 Å². The molecule has 4 rings (SSSR count). The number of carbonyl (C=O) groups excluding carboxylic acids is 2. The summed E-state index contributed by atoms with van der Waals surface area (Å²) in [5.74, 6) is -0.927. The average Bonchev–Trinajstić information content (AvgIpc) is 3.24. The lowest BCUT2D eigenvalue weighted by Crippen LogP contribution is -2.19. The minimum atomic E-state index is -0.346. The van der Waals surface area contributed by atoms with Crippen LogP contribution >= 0.6 is 11.8 Å². The number of ether oxygens (including phenoxy) is 1. The second-order valence-corrected chi connectivity index (χ2v) is 7.52. The SMILES string of the molecule is CCOC(=O)Cn1cc(C=C2SC(=Nc3ccc(F)cc3)NC2=O)c2ccccc21. The van der Waals surface area contributed by atoms with E-state index in [0.717, 1.165) is 16.5 Å². The first-order valence-electron chi connectivity index (χ1n) is 9.32. The number of esters is 1. The van der Waals surface area contributed by atoms with Gasteiger partial charge in [0.15, 0.2) is 5.17 Å². The van der Waals surface area contributed by atoms with Crippen LogP contribution in [0.25, 0.3) is 17.0 Å². The number of nitrogens with zero attached hydrogens (tertiary/aromatic N) is 2. The molecule has 1 saturated heterocycles. The van der Waals surface area contributed by atoms with Crippen LogP contribution in [0.3, 0.4) is 0 Å². The number of fused-ring (bicyclic) bond motifs is 1. The van der Waals surface area contributed by atoms with E-state index < -0.39 is 0 Å². The highest BCUT2D eigenvalue weighted by atomic mass is 32.2. The number of aromatic nitrogens is 1. The molecule has 1 aliphatic heterocycles. The van der Waals surface area contributed by atoms with Gasteiger partial charge in [-0.25, -0.2) is 9.38 Å². The van der Waals surface area contributed by atoms with E-state index in [1.165, 1.54) is 23.9 Å². The van der Waals surface area contributed by atoms with Gasteiger partial charge in [0.25, 0.3) is 5.91 Å². The van der Waals surface area contributed by atoms with Crippen LogP contribution in [-0.4, -0.2) is 28.2 Å². The summed E-state index contributed by atoms with van der Waals surface area (Å²) in [6.45, 7) is 2.18. The van der Waals surface area contributed by atoms with E-state index in [9.17, 15) is 14.0 Å². The Kier molecular flexibility index (Phi) is 5.67. The number of aliphatic imine (C=N–C) groups is 1. The van der Waals surface area contributed by atoms with E-state index in [2.05, 4.69) is 10.3 Å². The topological polar surface area (TPSA) is 72.7 Å². The molecule has 152 valence electrons. The van der Waals surface area contributed by atoms with E-state index >= 15 is 0 Å². The molecule has 0 spiro atoms. The Morgan fingerprint density at radius 1 is 1.23 bits per heavy atom. The molecular formula is C22H18FN3O3S. The molecule has 0 radical (unpaired) electrons. The van der Waals surface area contributed by atoms with Crippen molar-refractivity contribution >= 4 is 51.5 Å². The van der Waals surface area contributed by atoms with E-state index in [4.69, 9.17) is 4.74 Å². The van der Waals surface area contributed by atoms with Gasteiger partial charge in [0.2, 0.25) is 0 Å². The highest BCUT2D eigenvalue weighted by Crippen LogP contribution is 2.31. The number of halogens is 1. The van der Waals surface area contributed by atoms with E-state index in [-0.39, 0.29) is 24.2 Å². The average molecular weight is 423 g/mol. The monoisotopic (exact) mass is 423 g/mol. The van der Waals surface area contributed by atoms with Gasteiger partial charge in [0.05, 0.1) is 17.2 Å². The third-order valence-electron chi connectivity index (χ3n) is 4.42. The third-order valence-corrected chi connectivity index (χ3v) is 5.33. The number of para-hydroxylation sites is 1. The Labute approximate surface area is 176 Å². The van der Waals surface area contributed by atoms with Gasteiger partial charge >= 0.3 is 5.97 Å². The van der Waals surface area contributed by atoms with Crippen molar-refractivity contribution in [3.05, 3.63) is 71.0 Å². The summed E-state index contributed by atoms with van der Waals surface area (Å²) < 4.78 is 19.9. The van der Waals surface area contributed by atoms with Crippen molar-refractivity contribution < 1.29 is 18.7 Å². The summed E-state index contributed by atoms with van der Waals surface area (Å²) in [4.78, 5) is 29.2. The van der Waals surface area contributed by atoms with Crippen molar-refractivity contribution in [3.8, 4) is 0 Å². The zero-order chi connectivity index (χ0) is 21.1. The fourth-order valence-corrected chi connectivity index (χ4v) is 3.95. The highest BCUT2D eigenvalue weighted by molar-refractivity contribution is 8.18. The van der Waals surface area contributed by atoms with E-state index in [1.54, 1.807) is 25.1 Å². The van der Waals surface area contributed by atoms with Gasteiger partial charge in [-0.15, -0.1) is 0 Å². The van der Waals surface area contributed by atoms with Crippen molar-refractivity contribution in [2.75, 3.05) is 6.61 Å². The fourth-order valence-electron chi connectivity index (χ4n) is 3.12. The molecule has 30 heavy (non-hydrogen) atoms. The number of nitrogens with one attached hydrogen (secondary N) is 1. The number of benzene rings is 2. The Hall–Kier alpha value is -3.39. The molecule has 6 nitrogen and oxygen atoms in total. The third kappa shape index (κ3) is 4.28. The maximum absolute atomic E-state index is 13.1. The van der Waals surface area contributed by atoms with Crippen molar-refractivity contribution in [1.82, 2.24) is 9.88 Å². The van der Waals surface area contributed by atoms with E-state index in [0.29, 0.717) is 22.4 Å². The first-order chi connectivity index (χ1) is 14.5. The Bertz CT molecular complexity index is 1180. The normalized spacial score (nSPS) is 16.4. The van der Waals surface area contributed by atoms with Crippen molar-refractivity contribution in [3.63, 3.8) is 0 Å². The lowest BCUT2D eigenvalue weighted by Gasteiger charge is -2.04. The molecule has 0 saturated carbocycles. The number of thioether (sulfide) groups is 1. The van der Waals surface area contributed by atoms with Crippen LogP contribution in [0.2, 0.25) is 0 Å². The fraction of sp³-hybridized carbons (Fsp3) is 0.136. The van der Waals surface area contributed by atoms with Gasteiger partial charge < -0.3 is 14.6 Å². The lowest BCUT2D eigenvalue weighted by atomic mass is 10.1. The summed E-state index contributed by atoms with van der Waals surface area (Å²) in [5.41, 5.74) is 2.24.